The zero-order valence-corrected chi connectivity index (χ0v) is 57.8. The standard InChI is InChI=1S/C69H90N7O21P/c1-44(2)76(45(3)4)98(38-37-88-34-33-86-30-29-85-31-32-87-35-36-89-67-61(71-46(5)77)64(94-49(8)80)63(93-48(7)79)58(96-67)40-90-47(6)78)97-56-39-60(75-43-70-62-65(75)73-68(74-66(62)82)72-59(81)42-91-55-19-15-12-16-20-55)95-57(56)41-92-69(50-17-13-11-14-18-50,51-21-25-53(83-9)26-22-51)52-23-27-54(84-10)28-24-52/h11-28,43-45,56-58,60-61,63-64,67H,29-42H2,1-10H3,(H,71,77)(H2,72,73,74,81,82)/t56-,57+,58+,60+,61+,63-,64+,67+,98?/m0/s1. The van der Waals surface area contributed by atoms with Gasteiger partial charge in [0.15, 0.2) is 36.3 Å². The summed E-state index contributed by atoms with van der Waals surface area (Å²) in [5.74, 6) is -1.35. The van der Waals surface area contributed by atoms with Crippen molar-refractivity contribution in [2.75, 3.05) is 105 Å². The van der Waals surface area contributed by atoms with E-state index in [0.29, 0.717) is 43.2 Å². The smallest absolute Gasteiger partial charge is 0.303 e. The molecular weight excluding hydrogens is 1290 g/mol. The summed E-state index contributed by atoms with van der Waals surface area (Å²) in [5, 5.41) is 5.32. The Morgan fingerprint density at radius 1 is 0.663 bits per heavy atom. The highest BCUT2D eigenvalue weighted by Gasteiger charge is 2.52. The summed E-state index contributed by atoms with van der Waals surface area (Å²) in [7, 11) is 1.85. The summed E-state index contributed by atoms with van der Waals surface area (Å²) >= 11 is 0. The number of aromatic amines is 1. The van der Waals surface area contributed by atoms with Gasteiger partial charge in [0.2, 0.25) is 11.9 Å². The summed E-state index contributed by atoms with van der Waals surface area (Å²) in [6.45, 7) is 14.6. The maximum Gasteiger partial charge on any atom is 0.303 e. The number of rotatable bonds is 39. The Bertz CT molecular complexity index is 3480. The molecule has 6 aromatic rings. The fourth-order valence-electron chi connectivity index (χ4n) is 11.5. The highest BCUT2D eigenvalue weighted by atomic mass is 31.2. The van der Waals surface area contributed by atoms with Gasteiger partial charge in [-0.25, -0.2) is 4.98 Å². The minimum absolute atomic E-state index is 0.00884. The number of H-pyrrole nitrogens is 1. The molecule has 0 saturated carbocycles. The van der Waals surface area contributed by atoms with E-state index in [9.17, 15) is 28.8 Å². The zero-order valence-electron chi connectivity index (χ0n) is 57.0. The predicted molar refractivity (Wildman–Crippen MR) is 358 cm³/mol. The number of methoxy groups -OCH3 is 2. The number of nitrogens with zero attached hydrogens (tertiary/aromatic N) is 4. The normalized spacial score (nSPS) is 19.7. The average molecular weight is 1380 g/mol. The first kappa shape index (κ1) is 75.8. The first-order valence-electron chi connectivity index (χ1n) is 32.4. The molecule has 98 heavy (non-hydrogen) atoms. The van der Waals surface area contributed by atoms with E-state index in [1.165, 1.54) is 20.2 Å². The van der Waals surface area contributed by atoms with E-state index in [4.69, 9.17) is 75.8 Å². The van der Waals surface area contributed by atoms with Gasteiger partial charge in [-0.1, -0.05) is 72.8 Å². The number of para-hydroxylation sites is 1. The molecule has 3 N–H and O–H groups in total. The van der Waals surface area contributed by atoms with Crippen molar-refractivity contribution >= 4 is 55.1 Å². The Hall–Kier alpha value is -7.99. The lowest BCUT2D eigenvalue weighted by atomic mass is 9.80. The highest BCUT2D eigenvalue weighted by Crippen LogP contribution is 2.50. The molecule has 0 bridgehead atoms. The molecule has 532 valence electrons. The summed E-state index contributed by atoms with van der Waals surface area (Å²) in [5.41, 5.74) is 0.933. The van der Waals surface area contributed by atoms with Gasteiger partial charge in [0.05, 0.1) is 92.7 Å². The molecule has 2 saturated heterocycles. The number of ether oxygens (including phenoxy) is 14. The number of carbonyl (C=O) groups excluding carboxylic acids is 5. The molecule has 2 amide bonds. The van der Waals surface area contributed by atoms with Crippen molar-refractivity contribution in [2.24, 2.45) is 0 Å². The van der Waals surface area contributed by atoms with Gasteiger partial charge in [-0.3, -0.25) is 48.3 Å². The van der Waals surface area contributed by atoms with E-state index < -0.39 is 98.3 Å². The Labute approximate surface area is 570 Å². The fraction of sp³-hybridized carbons (Fsp3) is 0.507. The second kappa shape index (κ2) is 37.8. The van der Waals surface area contributed by atoms with E-state index >= 15 is 0 Å². The number of hydrogen-bond acceptors (Lipinski definition) is 24. The summed E-state index contributed by atoms with van der Waals surface area (Å²) in [6, 6.07) is 33.4. The lowest BCUT2D eigenvalue weighted by Crippen LogP contribution is -2.66. The number of imidazole rings is 1. The molecule has 4 heterocycles. The number of anilines is 1. The van der Waals surface area contributed by atoms with Crippen LogP contribution in [0, 0.1) is 0 Å². The van der Waals surface area contributed by atoms with Crippen LogP contribution in [-0.2, 0) is 86.2 Å². The zero-order chi connectivity index (χ0) is 70.1. The van der Waals surface area contributed by atoms with Crippen LogP contribution in [0.25, 0.3) is 11.2 Å². The van der Waals surface area contributed by atoms with Gasteiger partial charge < -0.3 is 76.2 Å². The molecule has 9 atom stereocenters. The lowest BCUT2D eigenvalue weighted by Gasteiger charge is -2.44. The van der Waals surface area contributed by atoms with Gasteiger partial charge in [0.1, 0.15) is 62.2 Å². The largest absolute Gasteiger partial charge is 0.497 e. The summed E-state index contributed by atoms with van der Waals surface area (Å²) in [6.07, 6.45) is -4.62. The van der Waals surface area contributed by atoms with Crippen molar-refractivity contribution in [2.45, 2.75) is 129 Å². The minimum atomic E-state index is -1.40. The van der Waals surface area contributed by atoms with Crippen molar-refractivity contribution in [1.82, 2.24) is 29.5 Å². The number of nitrogens with one attached hydrogen (secondary N) is 3. The number of carbonyl (C=O) groups is 5. The molecule has 1 unspecified atom stereocenters. The van der Waals surface area contributed by atoms with Crippen molar-refractivity contribution < 1.29 is 94.8 Å². The number of benzene rings is 4. The van der Waals surface area contributed by atoms with Crippen LogP contribution < -0.4 is 30.4 Å². The number of amides is 2. The third kappa shape index (κ3) is 21.3. The Kier molecular flexibility index (Phi) is 29.2. The molecule has 4 aromatic carbocycles. The van der Waals surface area contributed by atoms with Crippen LogP contribution in [-0.4, -0.2) is 209 Å². The molecule has 0 spiro atoms. The van der Waals surface area contributed by atoms with Crippen molar-refractivity contribution in [3.63, 3.8) is 0 Å². The number of esters is 3. The molecule has 0 radical (unpaired) electrons. The van der Waals surface area contributed by atoms with E-state index in [0.717, 1.165) is 30.5 Å². The molecule has 2 fully saturated rings. The van der Waals surface area contributed by atoms with Crippen LogP contribution in [0.3, 0.4) is 0 Å². The van der Waals surface area contributed by atoms with Gasteiger partial charge >= 0.3 is 17.9 Å². The maximum absolute atomic E-state index is 13.6. The number of hydrogen-bond donors (Lipinski definition) is 3. The second-order valence-corrected chi connectivity index (χ2v) is 25.2. The van der Waals surface area contributed by atoms with Crippen molar-refractivity contribution in [3.8, 4) is 17.2 Å². The molecule has 0 aliphatic carbocycles. The summed E-state index contributed by atoms with van der Waals surface area (Å²) < 4.78 is 94.6. The second-order valence-electron chi connectivity index (χ2n) is 23.4. The van der Waals surface area contributed by atoms with E-state index in [1.54, 1.807) is 43.1 Å². The highest BCUT2D eigenvalue weighted by molar-refractivity contribution is 7.50. The van der Waals surface area contributed by atoms with Gasteiger partial charge in [0, 0.05) is 52.4 Å². The summed E-state index contributed by atoms with van der Waals surface area (Å²) in [4.78, 5) is 86.9. The van der Waals surface area contributed by atoms with E-state index in [2.05, 4.69) is 53.0 Å². The van der Waals surface area contributed by atoms with Crippen LogP contribution in [0.5, 0.6) is 17.2 Å². The third-order valence-electron chi connectivity index (χ3n) is 15.6. The fourth-order valence-corrected chi connectivity index (χ4v) is 13.8. The molecule has 2 aliphatic heterocycles. The minimum Gasteiger partial charge on any atom is -0.497 e. The van der Waals surface area contributed by atoms with Crippen molar-refractivity contribution in [3.05, 3.63) is 143 Å². The van der Waals surface area contributed by atoms with E-state index in [1.807, 2.05) is 84.9 Å². The number of fused-ring (bicyclic) bond motifs is 1. The first-order chi connectivity index (χ1) is 47.3. The van der Waals surface area contributed by atoms with Crippen LogP contribution >= 0.6 is 8.30 Å². The number of aromatic nitrogens is 4. The Morgan fingerprint density at radius 3 is 1.77 bits per heavy atom. The average Bonchev–Trinajstić information content (AvgIpc) is 1.03. The van der Waals surface area contributed by atoms with Crippen LogP contribution in [0.2, 0.25) is 0 Å². The SMILES string of the molecule is COc1ccc(C(OC[C@H]2O[C@@H](n3cnc4c(=O)[nH]c(NC(=O)COc5ccccc5)nc43)C[C@@H]2OP(CCOCCOCCOCCOCCO[C@@H]2O[C@H](COC(C)=O)[C@H](OC(C)=O)[C@H](OC(C)=O)[C@H]2NC(C)=O)N(C(C)C)C(C)C)(c2ccccc2)c2ccc(OC)cc2)cc1. The van der Waals surface area contributed by atoms with Gasteiger partial charge in [-0.15, -0.1) is 0 Å². The van der Waals surface area contributed by atoms with Gasteiger partial charge in [-0.2, -0.15) is 4.98 Å². The Morgan fingerprint density at radius 2 is 1.21 bits per heavy atom. The maximum atomic E-state index is 13.6. The molecule has 29 heteroatoms. The monoisotopic (exact) mass is 1380 g/mol. The van der Waals surface area contributed by atoms with Gasteiger partial charge in [0.25, 0.3) is 11.5 Å². The third-order valence-corrected chi connectivity index (χ3v) is 18.1. The van der Waals surface area contributed by atoms with Crippen LogP contribution in [0.4, 0.5) is 5.95 Å². The Balaban J connectivity index is 0.905. The quantitative estimate of drug-likeness (QED) is 0.0115. The molecule has 28 nitrogen and oxygen atoms in total. The first-order valence-corrected chi connectivity index (χ1v) is 33.8. The molecular formula is C69H90N7O21P. The predicted octanol–water partition coefficient (Wildman–Crippen LogP) is 7.01. The van der Waals surface area contributed by atoms with E-state index in [-0.39, 0.29) is 95.1 Å². The van der Waals surface area contributed by atoms with Crippen LogP contribution in [0.15, 0.2) is 120 Å². The van der Waals surface area contributed by atoms with Gasteiger partial charge in [-0.05, 0) is 80.8 Å². The molecule has 2 aromatic heterocycles. The lowest BCUT2D eigenvalue weighted by molar-refractivity contribution is -0.279. The topological polar surface area (TPSA) is 315 Å². The van der Waals surface area contributed by atoms with Crippen LogP contribution in [0.1, 0.15) is 84.7 Å². The van der Waals surface area contributed by atoms with Crippen molar-refractivity contribution in [1.29, 1.82) is 0 Å². The molecule has 2 aliphatic rings. The molecule has 8 rings (SSSR count).